The van der Waals surface area contributed by atoms with Crippen LogP contribution in [-0.2, 0) is 16.0 Å². The molecule has 7 heteroatoms. The van der Waals surface area contributed by atoms with Crippen molar-refractivity contribution in [2.24, 2.45) is 11.8 Å². The third-order valence-corrected chi connectivity index (χ3v) is 4.77. The van der Waals surface area contributed by atoms with Crippen LogP contribution in [0.1, 0.15) is 31.2 Å². The van der Waals surface area contributed by atoms with Crippen molar-refractivity contribution in [3.05, 3.63) is 29.8 Å². The van der Waals surface area contributed by atoms with Crippen LogP contribution in [0.15, 0.2) is 24.3 Å². The highest BCUT2D eigenvalue weighted by Crippen LogP contribution is 2.28. The van der Waals surface area contributed by atoms with Gasteiger partial charge in [0.05, 0.1) is 18.0 Å². The number of carbonyl (C=O) groups is 3. The first kappa shape index (κ1) is 18.8. The molecular formula is C18H24N2O5. The lowest BCUT2D eigenvalue weighted by atomic mass is 9.82. The topological polar surface area (TPSA) is 107 Å². The van der Waals surface area contributed by atoms with E-state index in [-0.39, 0.29) is 18.2 Å². The van der Waals surface area contributed by atoms with E-state index in [2.05, 4.69) is 5.32 Å². The molecule has 0 radical (unpaired) electrons. The van der Waals surface area contributed by atoms with Crippen LogP contribution in [0, 0.1) is 11.8 Å². The van der Waals surface area contributed by atoms with Gasteiger partial charge in [0.2, 0.25) is 5.91 Å². The van der Waals surface area contributed by atoms with Gasteiger partial charge in [-0.2, -0.15) is 0 Å². The first-order valence-electron chi connectivity index (χ1n) is 8.42. The van der Waals surface area contributed by atoms with Crippen molar-refractivity contribution in [3.8, 4) is 0 Å². The van der Waals surface area contributed by atoms with Crippen molar-refractivity contribution in [3.63, 3.8) is 0 Å². The molecule has 2 amide bonds. The first-order chi connectivity index (χ1) is 11.9. The molecule has 1 aliphatic carbocycles. The summed E-state index contributed by atoms with van der Waals surface area (Å²) in [5.74, 6) is -0.852. The summed E-state index contributed by atoms with van der Waals surface area (Å²) in [5.41, 5.74) is 1.15. The van der Waals surface area contributed by atoms with E-state index >= 15 is 0 Å². The van der Waals surface area contributed by atoms with Gasteiger partial charge in [0.15, 0.2) is 0 Å². The summed E-state index contributed by atoms with van der Waals surface area (Å²) in [6, 6.07) is 6.92. The van der Waals surface area contributed by atoms with Gasteiger partial charge < -0.3 is 15.5 Å². The quantitative estimate of drug-likeness (QED) is 0.731. The minimum atomic E-state index is -1.08. The predicted octanol–water partition coefficient (Wildman–Crippen LogP) is 2.35. The van der Waals surface area contributed by atoms with E-state index < -0.39 is 12.1 Å². The number of amides is 2. The van der Waals surface area contributed by atoms with Gasteiger partial charge in [-0.05, 0) is 43.2 Å². The Morgan fingerprint density at radius 1 is 1.12 bits per heavy atom. The van der Waals surface area contributed by atoms with Crippen LogP contribution >= 0.6 is 0 Å². The Labute approximate surface area is 146 Å². The molecule has 0 atom stereocenters. The number of nitrogens with one attached hydrogen (secondary N) is 1. The van der Waals surface area contributed by atoms with Gasteiger partial charge >= 0.3 is 12.1 Å². The summed E-state index contributed by atoms with van der Waals surface area (Å²) in [6.45, 7) is 0.530. The lowest BCUT2D eigenvalue weighted by Gasteiger charge is -2.26. The standard InChI is InChI=1S/C18H24N2O5/c1-20(18(24)25)15-5-3-2-4-14(15)10-16(21)19-11-12-6-8-13(9-7-12)17(22)23/h2-5,12-13H,6-11H2,1H3,(H,19,21)(H,22,23)(H,24,25). The number of rotatable bonds is 6. The third-order valence-electron chi connectivity index (χ3n) is 4.77. The molecule has 136 valence electrons. The Balaban J connectivity index is 1.85. The zero-order valence-corrected chi connectivity index (χ0v) is 14.3. The summed E-state index contributed by atoms with van der Waals surface area (Å²) in [7, 11) is 1.44. The van der Waals surface area contributed by atoms with Crippen LogP contribution in [0.2, 0.25) is 0 Å². The molecule has 1 aromatic carbocycles. The van der Waals surface area contributed by atoms with Crippen LogP contribution in [0.4, 0.5) is 10.5 Å². The van der Waals surface area contributed by atoms with Crippen LogP contribution in [0.5, 0.6) is 0 Å². The maximum atomic E-state index is 12.2. The largest absolute Gasteiger partial charge is 0.481 e. The molecule has 0 heterocycles. The molecule has 0 aromatic heterocycles. The van der Waals surface area contributed by atoms with E-state index in [1.807, 2.05) is 0 Å². The van der Waals surface area contributed by atoms with Crippen molar-refractivity contribution < 1.29 is 24.6 Å². The Bertz CT molecular complexity index is 638. The predicted molar refractivity (Wildman–Crippen MR) is 92.7 cm³/mol. The number of benzene rings is 1. The highest BCUT2D eigenvalue weighted by Gasteiger charge is 2.26. The monoisotopic (exact) mass is 348 g/mol. The molecule has 0 aliphatic heterocycles. The van der Waals surface area contributed by atoms with Crippen LogP contribution in [-0.4, -0.2) is 41.8 Å². The fourth-order valence-corrected chi connectivity index (χ4v) is 3.20. The van der Waals surface area contributed by atoms with Crippen molar-refractivity contribution >= 4 is 23.7 Å². The number of para-hydroxylation sites is 1. The lowest BCUT2D eigenvalue weighted by molar-refractivity contribution is -0.143. The number of carboxylic acids is 1. The number of hydrogen-bond acceptors (Lipinski definition) is 3. The van der Waals surface area contributed by atoms with Crippen LogP contribution in [0.25, 0.3) is 0 Å². The van der Waals surface area contributed by atoms with Gasteiger partial charge in [-0.15, -0.1) is 0 Å². The number of carboxylic acid groups (broad SMARTS) is 2. The Hall–Kier alpha value is -2.57. The molecule has 0 unspecified atom stereocenters. The average molecular weight is 348 g/mol. The maximum absolute atomic E-state index is 12.2. The number of anilines is 1. The van der Waals surface area contributed by atoms with E-state index in [1.165, 1.54) is 7.05 Å². The van der Waals surface area contributed by atoms with Gasteiger partial charge in [0, 0.05) is 13.6 Å². The van der Waals surface area contributed by atoms with Gasteiger partial charge in [-0.3, -0.25) is 14.5 Å². The number of hydrogen-bond donors (Lipinski definition) is 3. The van der Waals surface area contributed by atoms with E-state index in [4.69, 9.17) is 10.2 Å². The molecule has 2 rings (SSSR count). The van der Waals surface area contributed by atoms with Gasteiger partial charge in [-0.1, -0.05) is 18.2 Å². The SMILES string of the molecule is CN(C(=O)O)c1ccccc1CC(=O)NCC1CCC(C(=O)O)CC1. The van der Waals surface area contributed by atoms with Crippen molar-refractivity contribution in [2.45, 2.75) is 32.1 Å². The van der Waals surface area contributed by atoms with E-state index in [0.717, 1.165) is 17.7 Å². The number of nitrogens with zero attached hydrogens (tertiary/aromatic N) is 1. The molecule has 0 bridgehead atoms. The molecule has 0 spiro atoms. The minimum absolute atomic E-state index is 0.109. The zero-order valence-electron chi connectivity index (χ0n) is 14.3. The molecule has 7 nitrogen and oxygen atoms in total. The molecular weight excluding hydrogens is 324 g/mol. The molecule has 1 fully saturated rings. The summed E-state index contributed by atoms with van der Waals surface area (Å²) in [5, 5.41) is 21.0. The summed E-state index contributed by atoms with van der Waals surface area (Å²) >= 11 is 0. The highest BCUT2D eigenvalue weighted by atomic mass is 16.4. The van der Waals surface area contributed by atoms with Gasteiger partial charge in [0.1, 0.15) is 0 Å². The van der Waals surface area contributed by atoms with Crippen molar-refractivity contribution in [1.29, 1.82) is 0 Å². The third kappa shape index (κ3) is 5.20. The zero-order chi connectivity index (χ0) is 18.4. The maximum Gasteiger partial charge on any atom is 0.411 e. The molecule has 3 N–H and O–H groups in total. The second-order valence-electron chi connectivity index (χ2n) is 6.51. The molecule has 1 aliphatic rings. The summed E-state index contributed by atoms with van der Waals surface area (Å²) in [6.07, 6.45) is 1.94. The lowest BCUT2D eigenvalue weighted by Crippen LogP contribution is -2.33. The van der Waals surface area contributed by atoms with E-state index in [1.54, 1.807) is 24.3 Å². The average Bonchev–Trinajstić information content (AvgIpc) is 2.60. The van der Waals surface area contributed by atoms with E-state index in [0.29, 0.717) is 36.6 Å². The molecule has 1 aromatic rings. The Morgan fingerprint density at radius 2 is 1.76 bits per heavy atom. The van der Waals surface area contributed by atoms with Crippen LogP contribution in [0.3, 0.4) is 0 Å². The van der Waals surface area contributed by atoms with Gasteiger partial charge in [0.25, 0.3) is 0 Å². The Morgan fingerprint density at radius 3 is 2.36 bits per heavy atom. The second kappa shape index (κ2) is 8.50. The highest BCUT2D eigenvalue weighted by molar-refractivity contribution is 5.88. The van der Waals surface area contributed by atoms with Crippen molar-refractivity contribution in [2.75, 3.05) is 18.5 Å². The van der Waals surface area contributed by atoms with Crippen LogP contribution < -0.4 is 10.2 Å². The summed E-state index contributed by atoms with van der Waals surface area (Å²) in [4.78, 5) is 35.4. The smallest absolute Gasteiger partial charge is 0.411 e. The minimum Gasteiger partial charge on any atom is -0.481 e. The van der Waals surface area contributed by atoms with Crippen molar-refractivity contribution in [1.82, 2.24) is 5.32 Å². The normalized spacial score (nSPS) is 19.9. The number of carbonyl (C=O) groups excluding carboxylic acids is 1. The molecule has 1 saturated carbocycles. The fourth-order valence-electron chi connectivity index (χ4n) is 3.20. The summed E-state index contributed by atoms with van der Waals surface area (Å²) < 4.78 is 0. The second-order valence-corrected chi connectivity index (χ2v) is 6.51. The molecule has 0 saturated heterocycles. The fraction of sp³-hybridized carbons (Fsp3) is 0.500. The Kier molecular flexibility index (Phi) is 6.38. The van der Waals surface area contributed by atoms with E-state index in [9.17, 15) is 14.4 Å². The number of aliphatic carboxylic acids is 1. The van der Waals surface area contributed by atoms with Gasteiger partial charge in [-0.25, -0.2) is 4.79 Å². The first-order valence-corrected chi connectivity index (χ1v) is 8.42. The molecule has 25 heavy (non-hydrogen) atoms.